The number of hydrogen-bond acceptors (Lipinski definition) is 4. The molecule has 0 aliphatic carbocycles. The van der Waals surface area contributed by atoms with E-state index in [1.807, 2.05) is 54.6 Å². The fourth-order valence-electron chi connectivity index (χ4n) is 3.91. The van der Waals surface area contributed by atoms with Gasteiger partial charge in [-0.05, 0) is 12.1 Å². The molecule has 30 heavy (non-hydrogen) atoms. The van der Waals surface area contributed by atoms with E-state index in [2.05, 4.69) is 17.1 Å². The predicted molar refractivity (Wildman–Crippen MR) is 122 cm³/mol. The Morgan fingerprint density at radius 3 is 2.63 bits per heavy atom. The van der Waals surface area contributed by atoms with Crippen molar-refractivity contribution in [3.05, 3.63) is 70.5 Å². The van der Waals surface area contributed by atoms with Crippen molar-refractivity contribution in [2.75, 3.05) is 20.1 Å². The third-order valence-corrected chi connectivity index (χ3v) is 6.71. The number of thiazole rings is 1. The summed E-state index contributed by atoms with van der Waals surface area (Å²) in [7, 11) is 2.22. The van der Waals surface area contributed by atoms with Gasteiger partial charge in [0, 0.05) is 24.6 Å². The molecule has 0 atom stereocenters. The summed E-state index contributed by atoms with van der Waals surface area (Å²) in [4.78, 5) is 24.4. The molecule has 4 aromatic rings. The van der Waals surface area contributed by atoms with E-state index in [-0.39, 0.29) is 11.6 Å². The van der Waals surface area contributed by atoms with Gasteiger partial charge in [0.05, 0.1) is 47.7 Å². The summed E-state index contributed by atoms with van der Waals surface area (Å²) in [5.74, 6) is 0. The van der Waals surface area contributed by atoms with Crippen LogP contribution < -0.4 is 10.5 Å². The van der Waals surface area contributed by atoms with E-state index in [0.29, 0.717) is 10.7 Å². The molecule has 2 aromatic carbocycles. The van der Waals surface area contributed by atoms with Gasteiger partial charge < -0.3 is 4.90 Å². The van der Waals surface area contributed by atoms with Crippen molar-refractivity contribution in [1.29, 1.82) is 0 Å². The summed E-state index contributed by atoms with van der Waals surface area (Å²) in [5, 5.41) is 3.93. The van der Waals surface area contributed by atoms with Gasteiger partial charge in [-0.15, -0.1) is 0 Å². The minimum atomic E-state index is -0.116. The molecular formula is C23H24N5OS+. The Labute approximate surface area is 178 Å². The highest BCUT2D eigenvalue weighted by molar-refractivity contribution is 7.20. The molecule has 2 aromatic heterocycles. The van der Waals surface area contributed by atoms with Crippen molar-refractivity contribution in [1.82, 2.24) is 14.8 Å². The summed E-state index contributed by atoms with van der Waals surface area (Å²) < 4.78 is 2.60. The highest BCUT2D eigenvalue weighted by Gasteiger charge is 2.20. The number of piperidine rings is 1. The summed E-state index contributed by atoms with van der Waals surface area (Å²) in [6.07, 6.45) is 3.88. The van der Waals surface area contributed by atoms with Gasteiger partial charge in [-0.1, -0.05) is 53.8 Å². The van der Waals surface area contributed by atoms with Gasteiger partial charge in [0.2, 0.25) is 5.13 Å². The first kappa shape index (κ1) is 19.0. The molecule has 1 saturated heterocycles. The van der Waals surface area contributed by atoms with Crippen molar-refractivity contribution < 1.29 is 4.90 Å². The van der Waals surface area contributed by atoms with Crippen LogP contribution in [0.5, 0.6) is 0 Å². The van der Waals surface area contributed by atoms with Crippen molar-refractivity contribution in [3.63, 3.8) is 0 Å². The standard InChI is InChI=1S/C23H23N5OS/c1-27-13-11-17(12-14-27)24-15-18-21(16-7-3-2-4-8-16)26-28(22(18)29)23-25-19-9-5-6-10-20(19)30-23/h2-10,15,17,26H,11-14H2,1H3/p+1. The lowest BCUT2D eigenvalue weighted by Crippen LogP contribution is -3.10. The molecule has 7 heteroatoms. The van der Waals surface area contributed by atoms with Crippen LogP contribution in [0.25, 0.3) is 26.6 Å². The van der Waals surface area contributed by atoms with Crippen LogP contribution in [0.15, 0.2) is 64.4 Å². The summed E-state index contributed by atoms with van der Waals surface area (Å²) in [5.41, 5.74) is 3.11. The molecule has 0 unspecified atom stereocenters. The Hall–Kier alpha value is -3.03. The highest BCUT2D eigenvalue weighted by atomic mass is 32.1. The minimum Gasteiger partial charge on any atom is -0.337 e. The number of hydrogen-bond donors (Lipinski definition) is 2. The molecule has 0 spiro atoms. The monoisotopic (exact) mass is 418 g/mol. The normalized spacial score (nSPS) is 19.6. The molecule has 152 valence electrons. The van der Waals surface area contributed by atoms with E-state index >= 15 is 0 Å². The van der Waals surface area contributed by atoms with Crippen LogP contribution in [0.3, 0.4) is 0 Å². The Bertz CT molecular complexity index is 1210. The average Bonchev–Trinajstić information content (AvgIpc) is 3.35. The van der Waals surface area contributed by atoms with E-state index < -0.39 is 0 Å². The maximum absolute atomic E-state index is 13.4. The summed E-state index contributed by atoms with van der Waals surface area (Å²) >= 11 is 1.50. The number of para-hydroxylation sites is 1. The maximum Gasteiger partial charge on any atom is 0.282 e. The van der Waals surface area contributed by atoms with E-state index in [4.69, 9.17) is 4.99 Å². The second-order valence-electron chi connectivity index (χ2n) is 7.84. The summed E-state index contributed by atoms with van der Waals surface area (Å²) in [6.45, 7) is 2.24. The molecule has 0 saturated carbocycles. The minimum absolute atomic E-state index is 0.116. The zero-order chi connectivity index (χ0) is 20.5. The second kappa shape index (κ2) is 8.01. The van der Waals surface area contributed by atoms with E-state index in [1.165, 1.54) is 11.3 Å². The maximum atomic E-state index is 13.4. The zero-order valence-corrected chi connectivity index (χ0v) is 17.7. The van der Waals surface area contributed by atoms with Crippen LogP contribution in [0, 0.1) is 0 Å². The Morgan fingerprint density at radius 2 is 1.87 bits per heavy atom. The lowest BCUT2D eigenvalue weighted by molar-refractivity contribution is -0.884. The van der Waals surface area contributed by atoms with Crippen LogP contribution in [0.4, 0.5) is 0 Å². The third-order valence-electron chi connectivity index (χ3n) is 5.69. The van der Waals surface area contributed by atoms with E-state index in [1.54, 1.807) is 15.8 Å². The lowest BCUT2D eigenvalue weighted by atomic mass is 10.1. The molecule has 0 amide bonds. The second-order valence-corrected chi connectivity index (χ2v) is 8.85. The van der Waals surface area contributed by atoms with Gasteiger partial charge in [-0.3, -0.25) is 14.9 Å². The quantitative estimate of drug-likeness (QED) is 0.500. The number of aromatic amines is 1. The summed E-state index contributed by atoms with van der Waals surface area (Å²) in [6, 6.07) is 18.1. The number of aromatic nitrogens is 3. The average molecular weight is 419 g/mol. The zero-order valence-electron chi connectivity index (χ0n) is 16.8. The molecule has 1 aliphatic rings. The number of H-pyrrole nitrogens is 1. The molecule has 1 aliphatic heterocycles. The van der Waals surface area contributed by atoms with Gasteiger partial charge in [0.15, 0.2) is 0 Å². The van der Waals surface area contributed by atoms with Gasteiger partial charge >= 0.3 is 0 Å². The van der Waals surface area contributed by atoms with Crippen LogP contribution in [0.2, 0.25) is 0 Å². The van der Waals surface area contributed by atoms with E-state index in [0.717, 1.165) is 47.4 Å². The first-order valence-electron chi connectivity index (χ1n) is 10.3. The first-order valence-corrected chi connectivity index (χ1v) is 11.1. The number of aliphatic imine (C=N–C) groups is 1. The molecule has 6 nitrogen and oxygen atoms in total. The molecule has 2 N–H and O–H groups in total. The largest absolute Gasteiger partial charge is 0.337 e. The van der Waals surface area contributed by atoms with Crippen LogP contribution in [-0.2, 0) is 0 Å². The van der Waals surface area contributed by atoms with Crippen molar-refractivity contribution in [3.8, 4) is 16.4 Å². The predicted octanol–water partition coefficient (Wildman–Crippen LogP) is 2.54. The number of benzene rings is 2. The fraction of sp³-hybridized carbons (Fsp3) is 0.261. The Morgan fingerprint density at radius 1 is 1.13 bits per heavy atom. The molecule has 0 radical (unpaired) electrons. The number of nitrogens with one attached hydrogen (secondary N) is 2. The number of nitrogens with zero attached hydrogens (tertiary/aromatic N) is 3. The molecule has 5 rings (SSSR count). The van der Waals surface area contributed by atoms with Crippen molar-refractivity contribution in [2.24, 2.45) is 4.99 Å². The van der Waals surface area contributed by atoms with Gasteiger partial charge in [-0.2, -0.15) is 4.68 Å². The van der Waals surface area contributed by atoms with Gasteiger partial charge in [0.25, 0.3) is 5.56 Å². The number of fused-ring (bicyclic) bond motifs is 1. The SMILES string of the molecule is C[NH+]1CCC(N=Cc2c(-c3ccccc3)[nH]n(-c3nc4ccccc4s3)c2=O)CC1. The van der Waals surface area contributed by atoms with E-state index in [9.17, 15) is 4.79 Å². The molecule has 1 fully saturated rings. The highest BCUT2D eigenvalue weighted by Crippen LogP contribution is 2.25. The fourth-order valence-corrected chi connectivity index (χ4v) is 4.83. The Kier molecular flexibility index (Phi) is 5.06. The topological polar surface area (TPSA) is 67.5 Å². The smallest absolute Gasteiger partial charge is 0.282 e. The number of quaternary nitrogens is 1. The lowest BCUT2D eigenvalue weighted by Gasteiger charge is -2.23. The molecule has 3 heterocycles. The van der Waals surface area contributed by atoms with Crippen molar-refractivity contribution >= 4 is 27.8 Å². The van der Waals surface area contributed by atoms with Gasteiger partial charge in [0.1, 0.15) is 0 Å². The van der Waals surface area contributed by atoms with Crippen molar-refractivity contribution in [2.45, 2.75) is 18.9 Å². The van der Waals surface area contributed by atoms with Crippen LogP contribution >= 0.6 is 11.3 Å². The first-order chi connectivity index (χ1) is 14.7. The molecule has 0 bridgehead atoms. The number of likely N-dealkylation sites (tertiary alicyclic amines) is 1. The number of rotatable bonds is 4. The van der Waals surface area contributed by atoms with Gasteiger partial charge in [-0.25, -0.2) is 4.98 Å². The molecular weight excluding hydrogens is 394 g/mol. The van der Waals surface area contributed by atoms with Crippen LogP contribution in [0.1, 0.15) is 18.4 Å². The third kappa shape index (κ3) is 3.62. The van der Waals surface area contributed by atoms with Crippen LogP contribution in [-0.4, -0.2) is 47.2 Å². The Balaban J connectivity index is 1.58.